The van der Waals surface area contributed by atoms with Gasteiger partial charge in [-0.1, -0.05) is 13.1 Å². The van der Waals surface area contributed by atoms with Crippen molar-refractivity contribution in [2.45, 2.75) is 13.1 Å². The molecule has 0 aromatic rings. The van der Waals surface area contributed by atoms with Gasteiger partial charge in [-0.3, -0.25) is 0 Å². The Labute approximate surface area is 221 Å². The Morgan fingerprint density at radius 3 is 0.793 bits per heavy atom. The first-order valence-corrected chi connectivity index (χ1v) is 24.4. The summed E-state index contributed by atoms with van der Waals surface area (Å²) < 4.78 is 0. The molecule has 0 aromatic carbocycles. The van der Waals surface area contributed by atoms with E-state index in [9.17, 15) is 0 Å². The molecular formula is C22H24Cl4SiZr2+4. The van der Waals surface area contributed by atoms with Crippen LogP contribution in [0.3, 0.4) is 0 Å². The topological polar surface area (TPSA) is 0 Å². The third-order valence-corrected chi connectivity index (χ3v) is 7.43. The van der Waals surface area contributed by atoms with Crippen LogP contribution in [0, 0.1) is 127 Å². The van der Waals surface area contributed by atoms with Crippen molar-refractivity contribution in [3.05, 3.63) is 127 Å². The molecule has 0 amide bonds. The molecule has 0 nitrogen and oxygen atoms in total. The molecule has 4 saturated carbocycles. The van der Waals surface area contributed by atoms with Crippen molar-refractivity contribution in [2.75, 3.05) is 0 Å². The van der Waals surface area contributed by atoms with Gasteiger partial charge in [-0.25, -0.2) is 0 Å². The summed E-state index contributed by atoms with van der Waals surface area (Å²) in [5.74, 6) is 0. The third-order valence-electron chi connectivity index (χ3n) is 3.88. The van der Waals surface area contributed by atoms with E-state index < -0.39 is 49.8 Å². The van der Waals surface area contributed by atoms with Crippen molar-refractivity contribution in [1.29, 1.82) is 0 Å². The fourth-order valence-corrected chi connectivity index (χ4v) is 4.77. The van der Waals surface area contributed by atoms with E-state index in [2.05, 4.69) is 64.5 Å². The van der Waals surface area contributed by atoms with Crippen LogP contribution in [0.25, 0.3) is 0 Å². The van der Waals surface area contributed by atoms with E-state index >= 15 is 0 Å². The molecule has 0 saturated heterocycles. The van der Waals surface area contributed by atoms with Crippen LogP contribution in [-0.2, 0) is 41.7 Å². The average Bonchev–Trinajstić information content (AvgIpc) is 3.55. The van der Waals surface area contributed by atoms with Crippen molar-refractivity contribution >= 4 is 42.1 Å². The molecule has 0 N–H and O–H groups in total. The predicted octanol–water partition coefficient (Wildman–Crippen LogP) is 7.38. The first-order valence-electron chi connectivity index (χ1n) is 8.74. The van der Waals surface area contributed by atoms with E-state index in [1.54, 1.807) is 0 Å². The van der Waals surface area contributed by atoms with Crippen LogP contribution in [0.4, 0.5) is 0 Å². The predicted molar refractivity (Wildman–Crippen MR) is 125 cm³/mol. The summed E-state index contributed by atoms with van der Waals surface area (Å²) in [5.41, 5.74) is 3.05. The fourth-order valence-electron chi connectivity index (χ4n) is 2.39. The van der Waals surface area contributed by atoms with Gasteiger partial charge in [-0.05, 0) is 127 Å². The summed E-state index contributed by atoms with van der Waals surface area (Å²) in [6.07, 6.45) is 37.5. The molecule has 4 aliphatic rings. The molecule has 148 valence electrons. The van der Waals surface area contributed by atoms with E-state index in [1.165, 1.54) is 11.1 Å². The second kappa shape index (κ2) is 22.9. The molecule has 0 bridgehead atoms. The van der Waals surface area contributed by atoms with Crippen molar-refractivity contribution in [2.24, 2.45) is 0 Å². The monoisotopic (exact) mass is 636 g/mol. The van der Waals surface area contributed by atoms with Gasteiger partial charge in [-0.2, -0.15) is 0 Å². The molecule has 29 heavy (non-hydrogen) atoms. The Morgan fingerprint density at radius 1 is 0.448 bits per heavy atom. The molecular weight excluding hydrogens is 617 g/mol. The van der Waals surface area contributed by atoms with Gasteiger partial charge in [0.25, 0.3) is 0 Å². The van der Waals surface area contributed by atoms with Gasteiger partial charge < -0.3 is 0 Å². The summed E-state index contributed by atoms with van der Waals surface area (Å²) in [5, 5.41) is 0. The molecule has 4 fully saturated rings. The molecule has 7 heteroatoms. The second-order valence-electron chi connectivity index (χ2n) is 6.04. The summed E-state index contributed by atoms with van der Waals surface area (Å²) in [6.45, 7) is 4.80. The number of halogens is 4. The molecule has 4 rings (SSSR count). The molecule has 20 radical (unpaired) electrons. The fraction of sp³-hybridized carbons (Fsp3) is 0.0909. The zero-order chi connectivity index (χ0) is 21.8. The van der Waals surface area contributed by atoms with Crippen molar-refractivity contribution < 1.29 is 41.7 Å². The third kappa shape index (κ3) is 17.3. The number of hydrogen-bond donors (Lipinski definition) is 0. The van der Waals surface area contributed by atoms with Crippen molar-refractivity contribution in [1.82, 2.24) is 0 Å². The minimum atomic E-state index is -1.35. The van der Waals surface area contributed by atoms with Crippen LogP contribution < -0.4 is 0 Å². The summed E-state index contributed by atoms with van der Waals surface area (Å²) >= 11 is -1.65. The first kappa shape index (κ1) is 32.1. The zero-order valence-electron chi connectivity index (χ0n) is 16.4. The van der Waals surface area contributed by atoms with E-state index in [1.807, 2.05) is 64.2 Å². The SMILES string of the molecule is C[Si](C)([C]1[CH][CH][CH][CH]1)[C]1[CH][CH][CH][CH]1.[CH]1[CH][CH][CH][CH]1.[CH]1[CH][CH][CH][CH]1.[Cl][Zr+2][Cl].[Cl][Zr+2][Cl]. The Balaban J connectivity index is 0.000000405. The van der Waals surface area contributed by atoms with Crippen LogP contribution in [0.1, 0.15) is 0 Å². The number of hydrogen-bond acceptors (Lipinski definition) is 0. The summed E-state index contributed by atoms with van der Waals surface area (Å²) in [7, 11) is 18.4. The molecule has 0 spiro atoms. The molecule has 0 aliphatic heterocycles. The molecule has 0 aromatic heterocycles. The van der Waals surface area contributed by atoms with Crippen LogP contribution in [0.5, 0.6) is 0 Å². The van der Waals surface area contributed by atoms with E-state index in [0.717, 1.165) is 0 Å². The van der Waals surface area contributed by atoms with Gasteiger partial charge in [0.05, 0.1) is 8.07 Å². The van der Waals surface area contributed by atoms with Crippen molar-refractivity contribution in [3.63, 3.8) is 0 Å². The Morgan fingerprint density at radius 2 is 0.621 bits per heavy atom. The molecule has 0 heterocycles. The van der Waals surface area contributed by atoms with Crippen LogP contribution in [0.15, 0.2) is 0 Å². The zero-order valence-corrected chi connectivity index (χ0v) is 25.3. The Bertz CT molecular complexity index is 284. The average molecular weight is 641 g/mol. The standard InChI is InChI=1S/C12H14Si.2C5H5.4ClH.2Zr/c1-13(2,11-7-3-4-8-11)12-9-5-6-10-12;2*1-2-4-5-3-1;;;;;;/h3-10H,1-2H3;2*1-5H;4*1H;;/q;;;;;;;2*+4/p-4. The Kier molecular flexibility index (Phi) is 25.4. The quantitative estimate of drug-likeness (QED) is 0.277. The molecule has 0 atom stereocenters. The van der Waals surface area contributed by atoms with Gasteiger partial charge in [0.2, 0.25) is 0 Å². The number of rotatable bonds is 2. The van der Waals surface area contributed by atoms with E-state index in [-0.39, 0.29) is 0 Å². The van der Waals surface area contributed by atoms with Crippen LogP contribution in [0.2, 0.25) is 13.1 Å². The minimum absolute atomic E-state index is 0.826. The summed E-state index contributed by atoms with van der Waals surface area (Å²) in [6, 6.07) is 0. The van der Waals surface area contributed by atoms with Gasteiger partial charge in [-0.15, -0.1) is 0 Å². The summed E-state index contributed by atoms with van der Waals surface area (Å²) in [4.78, 5) is 0. The van der Waals surface area contributed by atoms with E-state index in [4.69, 9.17) is 34.1 Å². The molecule has 0 unspecified atom stereocenters. The van der Waals surface area contributed by atoms with E-state index in [0.29, 0.717) is 0 Å². The van der Waals surface area contributed by atoms with Crippen LogP contribution >= 0.6 is 34.1 Å². The maximum absolute atomic E-state index is 4.93. The maximum atomic E-state index is 4.93. The first-order chi connectivity index (χ1) is 14.0. The van der Waals surface area contributed by atoms with Gasteiger partial charge in [0.1, 0.15) is 0 Å². The molecule has 4 aliphatic carbocycles. The normalized spacial score (nSPS) is 21.2. The van der Waals surface area contributed by atoms with Crippen LogP contribution in [-0.4, -0.2) is 8.07 Å². The van der Waals surface area contributed by atoms with Gasteiger partial charge >= 0.3 is 75.7 Å². The van der Waals surface area contributed by atoms with Gasteiger partial charge in [0, 0.05) is 0 Å². The van der Waals surface area contributed by atoms with Gasteiger partial charge in [0.15, 0.2) is 0 Å². The second-order valence-corrected chi connectivity index (χ2v) is 17.9. The Hall–Kier alpha value is 3.14. The van der Waals surface area contributed by atoms with Crippen molar-refractivity contribution in [3.8, 4) is 0 Å².